The molecule has 12 nitrogen and oxygen atoms in total. The number of benzene rings is 2. The molecular formula is C41H54N4O8. The van der Waals surface area contributed by atoms with E-state index in [1.54, 1.807) is 32.1 Å². The Morgan fingerprint density at radius 2 is 1.66 bits per heavy atom. The Kier molecular flexibility index (Phi) is 10.8. The second-order valence-corrected chi connectivity index (χ2v) is 15.9. The van der Waals surface area contributed by atoms with Crippen molar-refractivity contribution in [2.75, 3.05) is 25.0 Å². The Balaban J connectivity index is 1.51. The van der Waals surface area contributed by atoms with Crippen LogP contribution in [0.15, 0.2) is 46.1 Å². The third kappa shape index (κ3) is 7.33. The van der Waals surface area contributed by atoms with E-state index in [2.05, 4.69) is 24.1 Å². The van der Waals surface area contributed by atoms with Crippen molar-refractivity contribution >= 4 is 28.2 Å². The zero-order valence-electron chi connectivity index (χ0n) is 31.9. The molecule has 5 bridgehead atoms. The smallest absolute Gasteiger partial charge is 0.312 e. The van der Waals surface area contributed by atoms with Gasteiger partial charge in [-0.3, -0.25) is 19.6 Å². The van der Waals surface area contributed by atoms with Crippen molar-refractivity contribution < 1.29 is 39.5 Å². The SMILES string of the molecule is C/C1=C/C=C/[C@H](C)CC[C@@H](O)[C@@H](C)[C@H](O)CC/C=C/OC2(C)Oc3c(C)c(O)c4c(O)c(c5c(c4c3C2=O)=NC2(CCN(CC(C)C)CC2)N=5)NC1=O. The summed E-state index contributed by atoms with van der Waals surface area (Å²) in [4.78, 5) is 40.8. The summed E-state index contributed by atoms with van der Waals surface area (Å²) in [6, 6.07) is 0. The van der Waals surface area contributed by atoms with Crippen LogP contribution in [0.3, 0.4) is 0 Å². The first-order valence-electron chi connectivity index (χ1n) is 18.9. The second-order valence-electron chi connectivity index (χ2n) is 15.9. The van der Waals surface area contributed by atoms with Crippen molar-refractivity contribution in [1.29, 1.82) is 0 Å². The molecule has 1 unspecified atom stereocenters. The lowest BCUT2D eigenvalue weighted by atomic mass is 9.90. The van der Waals surface area contributed by atoms with E-state index >= 15 is 0 Å². The third-order valence-corrected chi connectivity index (χ3v) is 11.2. The number of ether oxygens (including phenoxy) is 2. The molecular weight excluding hydrogens is 676 g/mol. The molecule has 5 heterocycles. The summed E-state index contributed by atoms with van der Waals surface area (Å²) in [6.45, 7) is 15.4. The zero-order chi connectivity index (χ0) is 38.4. The number of nitrogens with zero attached hydrogens (tertiary/aromatic N) is 3. The summed E-state index contributed by atoms with van der Waals surface area (Å²) in [5.41, 5.74) is -0.203. The Labute approximate surface area is 310 Å². The van der Waals surface area contributed by atoms with Gasteiger partial charge < -0.3 is 40.1 Å². The molecule has 0 radical (unpaired) electrons. The van der Waals surface area contributed by atoms with Gasteiger partial charge in [0.25, 0.3) is 11.7 Å². The summed E-state index contributed by atoms with van der Waals surface area (Å²) < 4.78 is 12.1. The van der Waals surface area contributed by atoms with Gasteiger partial charge in [-0.05, 0) is 57.4 Å². The molecule has 1 amide bonds. The minimum Gasteiger partial charge on any atom is -0.507 e. The van der Waals surface area contributed by atoms with Crippen LogP contribution >= 0.6 is 0 Å². The Bertz CT molecular complexity index is 2010. The van der Waals surface area contributed by atoms with Crippen molar-refractivity contribution in [3.63, 3.8) is 0 Å². The lowest BCUT2D eigenvalue weighted by molar-refractivity contribution is -0.112. The molecule has 2 aromatic carbocycles. The van der Waals surface area contributed by atoms with Gasteiger partial charge in [-0.15, -0.1) is 0 Å². The van der Waals surface area contributed by atoms with Crippen LogP contribution < -0.4 is 20.8 Å². The molecule has 5 aliphatic rings. The number of nitrogens with one attached hydrogen (secondary N) is 1. The number of fused-ring (bicyclic) bond motifs is 13. The van der Waals surface area contributed by atoms with Crippen LogP contribution in [-0.4, -0.2) is 80.3 Å². The largest absolute Gasteiger partial charge is 0.507 e. The Hall–Kier alpha value is -4.26. The highest BCUT2D eigenvalue weighted by molar-refractivity contribution is 6.19. The van der Waals surface area contributed by atoms with Crippen molar-refractivity contribution in [1.82, 2.24) is 4.90 Å². The number of rotatable bonds is 2. The summed E-state index contributed by atoms with van der Waals surface area (Å²) in [6.07, 6.45) is 10.2. The highest BCUT2D eigenvalue weighted by Gasteiger charge is 2.50. The van der Waals surface area contributed by atoms with Gasteiger partial charge in [0, 0.05) is 61.8 Å². The number of aliphatic hydroxyl groups excluding tert-OH is 2. The van der Waals surface area contributed by atoms with Gasteiger partial charge in [0.2, 0.25) is 0 Å². The lowest BCUT2D eigenvalue weighted by Gasteiger charge is -2.36. The second kappa shape index (κ2) is 14.9. The lowest BCUT2D eigenvalue weighted by Crippen LogP contribution is -2.43. The number of phenols is 2. The molecule has 1 spiro atoms. The van der Waals surface area contributed by atoms with Crippen LogP contribution in [-0.2, 0) is 9.53 Å². The minimum atomic E-state index is -1.81. The number of amides is 1. The first kappa shape index (κ1) is 38.5. The topological polar surface area (TPSA) is 174 Å². The van der Waals surface area contributed by atoms with Gasteiger partial charge in [0.1, 0.15) is 22.5 Å². The molecule has 286 valence electrons. The Morgan fingerprint density at radius 1 is 0.981 bits per heavy atom. The number of piperidine rings is 1. The molecule has 5 aliphatic heterocycles. The average Bonchev–Trinajstić information content (AvgIpc) is 3.61. The van der Waals surface area contributed by atoms with E-state index in [0.717, 1.165) is 19.6 Å². The highest BCUT2D eigenvalue weighted by atomic mass is 16.7. The van der Waals surface area contributed by atoms with Crippen molar-refractivity contribution in [3.05, 3.63) is 58.0 Å². The first-order valence-corrected chi connectivity index (χ1v) is 18.9. The predicted molar refractivity (Wildman–Crippen MR) is 201 cm³/mol. The summed E-state index contributed by atoms with van der Waals surface area (Å²) in [5, 5.41) is 48.8. The van der Waals surface area contributed by atoms with E-state index < -0.39 is 41.1 Å². The monoisotopic (exact) mass is 730 g/mol. The van der Waals surface area contributed by atoms with E-state index in [0.29, 0.717) is 55.4 Å². The molecule has 1 fully saturated rings. The van der Waals surface area contributed by atoms with Gasteiger partial charge in [-0.1, -0.05) is 45.9 Å². The number of allylic oxidation sites excluding steroid dienone is 4. The van der Waals surface area contributed by atoms with Gasteiger partial charge >= 0.3 is 5.79 Å². The quantitative estimate of drug-likeness (QED) is 0.264. The van der Waals surface area contributed by atoms with Crippen LogP contribution in [0.4, 0.5) is 5.69 Å². The van der Waals surface area contributed by atoms with Crippen LogP contribution in [0.5, 0.6) is 17.2 Å². The van der Waals surface area contributed by atoms with E-state index in [-0.39, 0.29) is 56.3 Å². The minimum absolute atomic E-state index is 0.00976. The fourth-order valence-corrected chi connectivity index (χ4v) is 7.78. The molecule has 0 aromatic heterocycles. The molecule has 53 heavy (non-hydrogen) atoms. The number of aromatic hydroxyl groups is 2. The number of likely N-dealkylation sites (tertiary alicyclic amines) is 1. The van der Waals surface area contributed by atoms with Gasteiger partial charge in [0.05, 0.1) is 34.8 Å². The molecule has 0 saturated carbocycles. The summed E-state index contributed by atoms with van der Waals surface area (Å²) in [5.74, 6) is -3.22. The Morgan fingerprint density at radius 3 is 2.36 bits per heavy atom. The number of phenolic OH excluding ortho intramolecular Hbond substituents is 2. The molecule has 5 atom stereocenters. The maximum absolute atomic E-state index is 14.4. The molecule has 2 aromatic rings. The molecule has 7 rings (SSSR count). The fraction of sp³-hybridized carbons (Fsp3) is 0.561. The maximum atomic E-state index is 14.4. The number of Topliss-reactive ketones (excluding diaryl/α,β-unsaturated/α-hetero) is 1. The molecule has 12 heteroatoms. The van der Waals surface area contributed by atoms with Gasteiger partial charge in [-0.2, -0.15) is 0 Å². The maximum Gasteiger partial charge on any atom is 0.312 e. The normalized spacial score (nSPS) is 30.3. The number of carbonyl (C=O) groups excluding carboxylic acids is 2. The fourth-order valence-electron chi connectivity index (χ4n) is 7.78. The van der Waals surface area contributed by atoms with Crippen LogP contribution in [0.25, 0.3) is 10.8 Å². The standard InChI is InChI=1S/C41H54N4O8/c1-22(2)21-45-18-16-41(17-19-45)43-32-29-30-35(48)26(6)37-31(29)38(50)40(7,53-37)52-20-9-8-13-27(46)25(5)28(47)15-14-23(3)11-10-12-24(4)39(51)42-34(36(30)49)33(32)44-41/h9-12,20,22-23,25,27-28,46-49H,8,13-19,21H2,1-7H3,(H,42,51)/b11-10+,20-9+,24-12-/t23-,25-,27+,28+,40?/m0/s1. The molecule has 0 aliphatic carbocycles. The van der Waals surface area contributed by atoms with Crippen molar-refractivity contribution in [2.45, 2.75) is 111 Å². The van der Waals surface area contributed by atoms with Crippen LogP contribution in [0.2, 0.25) is 0 Å². The summed E-state index contributed by atoms with van der Waals surface area (Å²) >= 11 is 0. The number of hydrogen-bond acceptors (Lipinski definition) is 11. The number of ketones is 1. The predicted octanol–water partition coefficient (Wildman–Crippen LogP) is 5.09. The highest BCUT2D eigenvalue weighted by Crippen LogP contribution is 2.49. The van der Waals surface area contributed by atoms with Crippen LogP contribution in [0, 0.1) is 24.7 Å². The third-order valence-electron chi connectivity index (χ3n) is 11.2. The number of hydrogen-bond donors (Lipinski definition) is 5. The van der Waals surface area contributed by atoms with Gasteiger partial charge in [0.15, 0.2) is 11.4 Å². The van der Waals surface area contributed by atoms with E-state index in [1.807, 2.05) is 19.9 Å². The average molecular weight is 731 g/mol. The number of anilines is 1. The van der Waals surface area contributed by atoms with E-state index in [4.69, 9.17) is 19.5 Å². The van der Waals surface area contributed by atoms with Gasteiger partial charge in [-0.25, -0.2) is 0 Å². The summed E-state index contributed by atoms with van der Waals surface area (Å²) in [7, 11) is 0. The first-order chi connectivity index (χ1) is 25.1. The van der Waals surface area contributed by atoms with E-state index in [9.17, 15) is 30.0 Å². The number of aliphatic hydroxyl groups is 2. The molecule has 1 saturated heterocycles. The molecule has 5 N–H and O–H groups in total. The van der Waals surface area contributed by atoms with Crippen LogP contribution in [0.1, 0.15) is 96.0 Å². The van der Waals surface area contributed by atoms with Crippen molar-refractivity contribution in [2.24, 2.45) is 27.7 Å². The van der Waals surface area contributed by atoms with E-state index in [1.165, 1.54) is 13.2 Å². The van der Waals surface area contributed by atoms with Crippen molar-refractivity contribution in [3.8, 4) is 17.2 Å². The zero-order valence-corrected chi connectivity index (χ0v) is 31.9. The number of carbonyl (C=O) groups is 2.